The zero-order chi connectivity index (χ0) is 22.8. The van der Waals surface area contributed by atoms with Crippen molar-refractivity contribution in [1.82, 2.24) is 4.31 Å². The van der Waals surface area contributed by atoms with E-state index >= 15 is 0 Å². The Bertz CT molecular complexity index is 1140. The lowest BCUT2D eigenvalue weighted by atomic mass is 9.84. The quantitative estimate of drug-likeness (QED) is 0.234. The van der Waals surface area contributed by atoms with Crippen LogP contribution in [0.1, 0.15) is 32.3 Å². The molecule has 0 spiro atoms. The molecule has 3 aromatic rings. The van der Waals surface area contributed by atoms with Gasteiger partial charge in [0.25, 0.3) is 10.9 Å². The normalized spacial score (nSPS) is 11.8. The van der Waals surface area contributed by atoms with E-state index in [9.17, 15) is 14.7 Å². The fourth-order valence-corrected chi connectivity index (χ4v) is 4.56. The highest BCUT2D eigenvalue weighted by atomic mass is 35.5. The number of hydrogen-bond donors (Lipinski definition) is 3. The van der Waals surface area contributed by atoms with Crippen LogP contribution in [0.2, 0.25) is 5.02 Å². The Morgan fingerprint density at radius 2 is 1.61 bits per heavy atom. The molecule has 3 rings (SSSR count). The molecule has 0 aromatic heterocycles. The minimum Gasteiger partial charge on any atom is -0.505 e. The molecule has 0 saturated heterocycles. The summed E-state index contributed by atoms with van der Waals surface area (Å²) in [6.45, 7) is 4.08. The zero-order valence-corrected chi connectivity index (χ0v) is 19.5. The van der Waals surface area contributed by atoms with Gasteiger partial charge in [0.1, 0.15) is 11.4 Å². The zero-order valence-electron chi connectivity index (χ0n) is 18.0. The van der Waals surface area contributed by atoms with Crippen molar-refractivity contribution in [2.24, 2.45) is 0 Å². The summed E-state index contributed by atoms with van der Waals surface area (Å²) in [5, 5.41) is 17.4. The number of halogens is 1. The van der Waals surface area contributed by atoms with E-state index in [0.717, 1.165) is 18.4 Å². The Kier molecular flexibility index (Phi) is 6.99. The highest BCUT2D eigenvalue weighted by molar-refractivity contribution is 7.97. The fourth-order valence-electron chi connectivity index (χ4n) is 3.59. The molecule has 31 heavy (non-hydrogen) atoms. The number of phenols is 1. The van der Waals surface area contributed by atoms with Gasteiger partial charge in [0.15, 0.2) is 5.75 Å². The van der Waals surface area contributed by atoms with E-state index in [1.165, 1.54) is 11.9 Å². The van der Waals surface area contributed by atoms with Crippen LogP contribution < -0.4 is 21.5 Å². The second kappa shape index (κ2) is 9.34. The summed E-state index contributed by atoms with van der Waals surface area (Å²) in [6.07, 6.45) is 1.45. The largest absolute Gasteiger partial charge is 0.505 e. The molecule has 3 N–H and O–H groups in total. The number of rotatable bonds is 9. The second-order valence-corrected chi connectivity index (χ2v) is 9.22. The highest BCUT2D eigenvalue weighted by Gasteiger charge is 2.33. The van der Waals surface area contributed by atoms with Gasteiger partial charge in [0, 0.05) is 0 Å². The Balaban J connectivity index is 1.98. The second-order valence-electron chi connectivity index (χ2n) is 7.49. The van der Waals surface area contributed by atoms with E-state index < -0.39 is 16.4 Å². The van der Waals surface area contributed by atoms with Gasteiger partial charge in [-0.3, -0.25) is 13.9 Å². The van der Waals surface area contributed by atoms with Crippen molar-refractivity contribution in [1.29, 1.82) is 0 Å². The van der Waals surface area contributed by atoms with Crippen molar-refractivity contribution in [3.8, 4) is 5.75 Å². The number of benzene rings is 2. The first-order valence-electron chi connectivity index (χ1n) is 10.0. The first-order chi connectivity index (χ1) is 14.7. The number of hydrogen-bond acceptors (Lipinski definition) is 7. The monoisotopic (exact) mass is 459 g/mol. The van der Waals surface area contributed by atoms with Crippen LogP contribution in [0.3, 0.4) is 0 Å². The van der Waals surface area contributed by atoms with Crippen LogP contribution >= 0.6 is 23.5 Å². The average Bonchev–Trinajstić information content (AvgIpc) is 2.78. The predicted octanol–water partition coefficient (Wildman–Crippen LogP) is 5.08. The van der Waals surface area contributed by atoms with Gasteiger partial charge in [-0.05, 0) is 56.6 Å². The molecule has 0 heterocycles. The van der Waals surface area contributed by atoms with E-state index in [1.807, 2.05) is 58.3 Å². The number of nitrogens with one attached hydrogen (secondary N) is 2. The Morgan fingerprint density at radius 3 is 2.19 bits per heavy atom. The summed E-state index contributed by atoms with van der Waals surface area (Å²) in [6, 6.07) is 13.1. The van der Waals surface area contributed by atoms with Crippen LogP contribution in [0.15, 0.2) is 56.9 Å². The molecule has 0 radical (unpaired) electrons. The van der Waals surface area contributed by atoms with Crippen molar-refractivity contribution >= 4 is 40.6 Å². The molecule has 0 aliphatic heterocycles. The lowest BCUT2D eigenvalue weighted by molar-refractivity contribution is 0.454. The van der Waals surface area contributed by atoms with Gasteiger partial charge < -0.3 is 15.7 Å². The highest BCUT2D eigenvalue weighted by Crippen LogP contribution is 2.42. The maximum absolute atomic E-state index is 12.5. The fraction of sp³-hybridized carbons (Fsp3) is 0.304. The van der Waals surface area contributed by atoms with Gasteiger partial charge in [0.05, 0.1) is 21.1 Å². The van der Waals surface area contributed by atoms with Gasteiger partial charge in [-0.15, -0.1) is 0 Å². The van der Waals surface area contributed by atoms with Crippen molar-refractivity contribution in [2.45, 2.75) is 37.1 Å². The summed E-state index contributed by atoms with van der Waals surface area (Å²) in [7, 11) is 3.66. The van der Waals surface area contributed by atoms with E-state index in [-0.39, 0.29) is 17.1 Å². The molecule has 0 aliphatic rings. The molecule has 0 bridgehead atoms. The summed E-state index contributed by atoms with van der Waals surface area (Å²) in [5.41, 5.74) is 0.0434. The Morgan fingerprint density at radius 1 is 1.00 bits per heavy atom. The van der Waals surface area contributed by atoms with Crippen LogP contribution in [0.25, 0.3) is 0 Å². The number of phenolic OH excluding ortho intramolecular Hbond substituents is 1. The van der Waals surface area contributed by atoms with E-state index in [0.29, 0.717) is 15.6 Å². The molecule has 3 aromatic carbocycles. The Labute approximate surface area is 191 Å². The first kappa shape index (κ1) is 23.2. The minimum absolute atomic E-state index is 0.0782. The summed E-state index contributed by atoms with van der Waals surface area (Å²) in [4.78, 5) is 25.3. The maximum atomic E-state index is 12.5. The van der Waals surface area contributed by atoms with Crippen LogP contribution in [-0.2, 0) is 5.54 Å². The van der Waals surface area contributed by atoms with E-state index in [1.54, 1.807) is 16.4 Å². The SMILES string of the molecule is CCC(CC)(Nc1c(Nc2ccc(Cl)c(SN(C)C)c2O)c(=O)c1=O)c1ccccc1. The summed E-state index contributed by atoms with van der Waals surface area (Å²) < 4.78 is 1.80. The third-order valence-electron chi connectivity index (χ3n) is 5.43. The molecule has 8 heteroatoms. The minimum atomic E-state index is -0.618. The molecule has 6 nitrogen and oxygen atoms in total. The number of aromatic hydroxyl groups is 1. The standard InChI is InChI=1S/C23H26ClN3O3S/c1-5-23(6-2,14-10-8-7-9-11-14)26-18-17(20(29)21(18)30)25-16-13-12-15(24)22(19(16)28)31-27(3)4/h7-13,25-26,28H,5-6H2,1-4H3. The molecule has 164 valence electrons. The van der Waals surface area contributed by atoms with Crippen molar-refractivity contribution < 1.29 is 5.11 Å². The van der Waals surface area contributed by atoms with Crippen molar-refractivity contribution in [3.63, 3.8) is 0 Å². The van der Waals surface area contributed by atoms with E-state index in [2.05, 4.69) is 10.6 Å². The molecule has 0 unspecified atom stereocenters. The summed E-state index contributed by atoms with van der Waals surface area (Å²) >= 11 is 7.49. The smallest absolute Gasteiger partial charge is 0.253 e. The molecule has 0 aliphatic carbocycles. The van der Waals surface area contributed by atoms with Gasteiger partial charge in [0.2, 0.25) is 0 Å². The molecule has 0 saturated carbocycles. The van der Waals surface area contributed by atoms with Gasteiger partial charge in [-0.25, -0.2) is 0 Å². The van der Waals surface area contributed by atoms with Gasteiger partial charge in [-0.2, -0.15) is 0 Å². The van der Waals surface area contributed by atoms with Crippen LogP contribution in [0.4, 0.5) is 17.1 Å². The van der Waals surface area contributed by atoms with Crippen LogP contribution in [0.5, 0.6) is 5.75 Å². The third-order valence-corrected chi connectivity index (χ3v) is 6.81. The molecular weight excluding hydrogens is 434 g/mol. The summed E-state index contributed by atoms with van der Waals surface area (Å²) in [5.74, 6) is -0.0782. The third kappa shape index (κ3) is 4.44. The van der Waals surface area contributed by atoms with E-state index in [4.69, 9.17) is 11.6 Å². The molecular formula is C23H26ClN3O3S. The van der Waals surface area contributed by atoms with Gasteiger partial charge >= 0.3 is 0 Å². The lowest BCUT2D eigenvalue weighted by Gasteiger charge is -2.35. The van der Waals surface area contributed by atoms with Crippen molar-refractivity contribution in [3.05, 3.63) is 73.5 Å². The number of nitrogens with zero attached hydrogens (tertiary/aromatic N) is 1. The van der Waals surface area contributed by atoms with Crippen LogP contribution in [-0.4, -0.2) is 23.5 Å². The first-order valence-corrected chi connectivity index (χ1v) is 11.2. The maximum Gasteiger partial charge on any atom is 0.253 e. The average molecular weight is 460 g/mol. The predicted molar refractivity (Wildman–Crippen MR) is 130 cm³/mol. The number of anilines is 3. The lowest BCUT2D eigenvalue weighted by Crippen LogP contribution is -2.43. The van der Waals surface area contributed by atoms with Crippen LogP contribution in [0, 0.1) is 0 Å². The molecule has 0 fully saturated rings. The van der Waals surface area contributed by atoms with Crippen molar-refractivity contribution in [2.75, 3.05) is 24.7 Å². The molecule has 0 atom stereocenters. The Hall–Kier alpha value is -2.48. The molecule has 0 amide bonds. The topological polar surface area (TPSA) is 81.7 Å². The van der Waals surface area contributed by atoms with Gasteiger partial charge in [-0.1, -0.05) is 55.8 Å².